The second-order valence-corrected chi connectivity index (χ2v) is 5.01. The van der Waals surface area contributed by atoms with Crippen molar-refractivity contribution in [2.45, 2.75) is 31.6 Å². The quantitative estimate of drug-likeness (QED) is 0.824. The summed E-state index contributed by atoms with van der Waals surface area (Å²) in [5.41, 5.74) is 0.676. The van der Waals surface area contributed by atoms with Crippen molar-refractivity contribution in [3.63, 3.8) is 0 Å². The van der Waals surface area contributed by atoms with Crippen LogP contribution in [0.5, 0.6) is 0 Å². The molecule has 1 aromatic rings. The van der Waals surface area contributed by atoms with Crippen molar-refractivity contribution in [1.29, 1.82) is 0 Å². The zero-order valence-electron chi connectivity index (χ0n) is 12.2. The zero-order chi connectivity index (χ0) is 17.6. The van der Waals surface area contributed by atoms with Crippen LogP contribution in [0.1, 0.15) is 19.4 Å². The fraction of sp³-hybridized carbons (Fsp3) is 0.667. The average Bonchev–Trinajstić information content (AvgIpc) is 2.90. The van der Waals surface area contributed by atoms with Crippen LogP contribution in [0.4, 0.5) is 27.6 Å². The van der Waals surface area contributed by atoms with Crippen molar-refractivity contribution in [2.75, 3.05) is 25.5 Å². The molecule has 11 heteroatoms. The van der Waals surface area contributed by atoms with Crippen LogP contribution in [0.3, 0.4) is 0 Å². The number of hydrogen-bond donors (Lipinski definition) is 2. The maximum Gasteiger partial charge on any atom is 0.490 e. The van der Waals surface area contributed by atoms with Crippen molar-refractivity contribution < 1.29 is 31.9 Å². The maximum atomic E-state index is 12.3. The van der Waals surface area contributed by atoms with Gasteiger partial charge in [-0.05, 0) is 33.0 Å². The van der Waals surface area contributed by atoms with Gasteiger partial charge in [-0.2, -0.15) is 27.1 Å². The van der Waals surface area contributed by atoms with Gasteiger partial charge in [-0.15, -0.1) is 0 Å². The third-order valence-electron chi connectivity index (χ3n) is 3.13. The van der Waals surface area contributed by atoms with Gasteiger partial charge in [0.15, 0.2) is 0 Å². The second-order valence-electron chi connectivity index (χ2n) is 5.01. The molecular formula is C12H17F5N4O2. The molecule has 23 heavy (non-hydrogen) atoms. The lowest BCUT2D eigenvalue weighted by Gasteiger charge is -2.29. The van der Waals surface area contributed by atoms with Crippen LogP contribution in [-0.2, 0) is 4.79 Å². The van der Waals surface area contributed by atoms with Gasteiger partial charge in [0.1, 0.15) is 0 Å². The number of anilines is 1. The van der Waals surface area contributed by atoms with Crippen LogP contribution in [-0.4, -0.2) is 58.1 Å². The fourth-order valence-electron chi connectivity index (χ4n) is 1.91. The molecule has 2 heterocycles. The van der Waals surface area contributed by atoms with Gasteiger partial charge in [0.25, 0.3) is 0 Å². The lowest BCUT2D eigenvalue weighted by Crippen LogP contribution is -2.36. The largest absolute Gasteiger partial charge is 0.490 e. The molecule has 132 valence electrons. The molecule has 0 bridgehead atoms. The van der Waals surface area contributed by atoms with E-state index in [1.807, 2.05) is 0 Å². The SMILES string of the molecule is CN1CCC(Nc2cnn(C(F)F)c2)CC1.O=C(O)C(F)(F)F. The van der Waals surface area contributed by atoms with Crippen LogP contribution in [0.15, 0.2) is 12.4 Å². The Labute approximate surface area is 128 Å². The Kier molecular flexibility index (Phi) is 6.73. The number of rotatable bonds is 3. The van der Waals surface area contributed by atoms with E-state index in [1.165, 1.54) is 12.4 Å². The first-order chi connectivity index (χ1) is 10.6. The Morgan fingerprint density at radius 2 is 1.91 bits per heavy atom. The van der Waals surface area contributed by atoms with E-state index in [2.05, 4.69) is 22.4 Å². The predicted molar refractivity (Wildman–Crippen MR) is 71.3 cm³/mol. The number of aromatic nitrogens is 2. The number of alkyl halides is 5. The molecule has 1 aromatic heterocycles. The Morgan fingerprint density at radius 3 is 2.30 bits per heavy atom. The number of hydrogen-bond acceptors (Lipinski definition) is 4. The van der Waals surface area contributed by atoms with Crippen LogP contribution in [0.2, 0.25) is 0 Å². The minimum absolute atomic E-state index is 0.367. The number of nitrogens with one attached hydrogen (secondary N) is 1. The standard InChI is InChI=1S/C10H16F2N4.C2HF3O2/c1-15-4-2-8(3-5-15)14-9-6-13-16(7-9)10(11)12;3-2(4,5)1(6)7/h6-8,10,14H,2-5H2,1H3;(H,6,7). The minimum Gasteiger partial charge on any atom is -0.475 e. The number of likely N-dealkylation sites (tertiary alicyclic amines) is 1. The highest BCUT2D eigenvalue weighted by atomic mass is 19.4. The van der Waals surface area contributed by atoms with Crippen molar-refractivity contribution in [3.05, 3.63) is 12.4 Å². The van der Waals surface area contributed by atoms with Crippen molar-refractivity contribution in [1.82, 2.24) is 14.7 Å². The van der Waals surface area contributed by atoms with Gasteiger partial charge < -0.3 is 15.3 Å². The number of carboxylic acids is 1. The number of carbonyl (C=O) groups is 1. The zero-order valence-corrected chi connectivity index (χ0v) is 12.2. The van der Waals surface area contributed by atoms with Gasteiger partial charge in [-0.1, -0.05) is 0 Å². The highest BCUT2D eigenvalue weighted by Crippen LogP contribution is 2.17. The Hall–Kier alpha value is -1.91. The molecule has 0 aliphatic carbocycles. The molecule has 1 fully saturated rings. The molecule has 2 rings (SSSR count). The van der Waals surface area contributed by atoms with Gasteiger partial charge in [0, 0.05) is 6.04 Å². The van der Waals surface area contributed by atoms with Gasteiger partial charge in [-0.3, -0.25) is 0 Å². The molecule has 0 atom stereocenters. The lowest BCUT2D eigenvalue weighted by atomic mass is 10.1. The lowest BCUT2D eigenvalue weighted by molar-refractivity contribution is -0.192. The van der Waals surface area contributed by atoms with Gasteiger partial charge >= 0.3 is 18.7 Å². The molecule has 0 amide bonds. The summed E-state index contributed by atoms with van der Waals surface area (Å²) >= 11 is 0. The maximum absolute atomic E-state index is 12.3. The summed E-state index contributed by atoms with van der Waals surface area (Å²) in [6.07, 6.45) is -0.208. The molecule has 2 N–H and O–H groups in total. The Balaban J connectivity index is 0.000000322. The number of nitrogens with zero attached hydrogens (tertiary/aromatic N) is 3. The normalized spacial score (nSPS) is 16.8. The summed E-state index contributed by atoms with van der Waals surface area (Å²) < 4.78 is 57.0. The Bertz CT molecular complexity index is 498. The topological polar surface area (TPSA) is 70.4 Å². The monoisotopic (exact) mass is 344 g/mol. The third kappa shape index (κ3) is 6.80. The first-order valence-electron chi connectivity index (χ1n) is 6.67. The smallest absolute Gasteiger partial charge is 0.475 e. The van der Waals surface area contributed by atoms with Gasteiger partial charge in [0.05, 0.1) is 18.1 Å². The van der Waals surface area contributed by atoms with E-state index in [0.29, 0.717) is 16.4 Å². The molecular weight excluding hydrogens is 327 g/mol. The molecule has 0 saturated carbocycles. The highest BCUT2D eigenvalue weighted by molar-refractivity contribution is 5.73. The average molecular weight is 344 g/mol. The van der Waals surface area contributed by atoms with Crippen LogP contribution >= 0.6 is 0 Å². The van der Waals surface area contributed by atoms with Crippen molar-refractivity contribution in [2.24, 2.45) is 0 Å². The van der Waals surface area contributed by atoms with Crippen molar-refractivity contribution in [3.8, 4) is 0 Å². The Morgan fingerprint density at radius 1 is 1.39 bits per heavy atom. The summed E-state index contributed by atoms with van der Waals surface area (Å²) in [5, 5.41) is 13.9. The van der Waals surface area contributed by atoms with E-state index >= 15 is 0 Å². The molecule has 0 spiro atoms. The van der Waals surface area contributed by atoms with Crippen molar-refractivity contribution >= 4 is 11.7 Å². The van der Waals surface area contributed by atoms with E-state index in [1.54, 1.807) is 0 Å². The molecule has 0 radical (unpaired) electrons. The summed E-state index contributed by atoms with van der Waals surface area (Å²) in [4.78, 5) is 11.2. The van der Waals surface area contributed by atoms with Crippen LogP contribution in [0.25, 0.3) is 0 Å². The molecule has 6 nitrogen and oxygen atoms in total. The van der Waals surface area contributed by atoms with E-state index in [-0.39, 0.29) is 0 Å². The number of carboxylic acid groups (broad SMARTS) is 1. The number of aliphatic carboxylic acids is 1. The van der Waals surface area contributed by atoms with Gasteiger partial charge in [0.2, 0.25) is 0 Å². The summed E-state index contributed by atoms with van der Waals surface area (Å²) in [6.45, 7) is -0.477. The molecule has 1 aliphatic heterocycles. The summed E-state index contributed by atoms with van der Waals surface area (Å²) in [5.74, 6) is -2.76. The highest BCUT2D eigenvalue weighted by Gasteiger charge is 2.38. The second kappa shape index (κ2) is 8.09. The predicted octanol–water partition coefficient (Wildman–Crippen LogP) is 2.42. The fourth-order valence-corrected chi connectivity index (χ4v) is 1.91. The first kappa shape index (κ1) is 19.1. The van der Waals surface area contributed by atoms with E-state index in [0.717, 1.165) is 25.9 Å². The summed E-state index contributed by atoms with van der Waals surface area (Å²) in [6, 6.07) is 0.367. The third-order valence-corrected chi connectivity index (χ3v) is 3.13. The van der Waals surface area contributed by atoms with Crippen LogP contribution < -0.4 is 5.32 Å². The summed E-state index contributed by atoms with van der Waals surface area (Å²) in [7, 11) is 2.09. The van der Waals surface area contributed by atoms with E-state index in [9.17, 15) is 22.0 Å². The van der Waals surface area contributed by atoms with E-state index < -0.39 is 18.7 Å². The first-order valence-corrected chi connectivity index (χ1v) is 6.67. The molecule has 1 aliphatic rings. The number of halogens is 5. The van der Waals surface area contributed by atoms with Gasteiger partial charge in [-0.25, -0.2) is 9.48 Å². The minimum atomic E-state index is -5.08. The number of piperidine rings is 1. The molecule has 0 aromatic carbocycles. The molecule has 0 unspecified atom stereocenters. The van der Waals surface area contributed by atoms with E-state index in [4.69, 9.17) is 9.90 Å². The molecule has 1 saturated heterocycles. The van der Waals surface area contributed by atoms with Crippen LogP contribution in [0, 0.1) is 0 Å².